The molecule has 0 amide bonds. The van der Waals surface area contributed by atoms with Crippen LogP contribution in [0.5, 0.6) is 0 Å². The third-order valence-electron chi connectivity index (χ3n) is 3.25. The molecule has 0 aromatic carbocycles. The molecule has 1 rings (SSSR count). The Morgan fingerprint density at radius 3 is 2.73 bits per heavy atom. The number of hydrogen-bond acceptors (Lipinski definition) is 1. The topological polar surface area (TPSA) is 9.23 Å². The zero-order valence-corrected chi connectivity index (χ0v) is 11.8. The standard InChI is InChI=1S/C13H25BrO/c1-3-7-11(2)10-15-13-9-6-4-5-8-12(13)14/h11-13H,3-10H2,1-2H3. The minimum absolute atomic E-state index is 0.465. The molecule has 0 saturated heterocycles. The third-order valence-corrected chi connectivity index (χ3v) is 4.30. The molecule has 0 N–H and O–H groups in total. The van der Waals surface area contributed by atoms with Crippen LogP contribution in [0.4, 0.5) is 0 Å². The lowest BCUT2D eigenvalue weighted by Gasteiger charge is -2.22. The van der Waals surface area contributed by atoms with E-state index in [1.165, 1.54) is 44.9 Å². The molecule has 0 aromatic rings. The molecule has 3 unspecified atom stereocenters. The minimum Gasteiger partial charge on any atom is -0.377 e. The van der Waals surface area contributed by atoms with E-state index in [1.54, 1.807) is 0 Å². The van der Waals surface area contributed by atoms with Crippen molar-refractivity contribution in [2.75, 3.05) is 6.61 Å². The van der Waals surface area contributed by atoms with Gasteiger partial charge in [-0.05, 0) is 25.2 Å². The maximum Gasteiger partial charge on any atom is 0.0700 e. The van der Waals surface area contributed by atoms with Crippen LogP contribution in [0.15, 0.2) is 0 Å². The van der Waals surface area contributed by atoms with Gasteiger partial charge >= 0.3 is 0 Å². The lowest BCUT2D eigenvalue weighted by atomic mass is 10.1. The molecule has 0 aliphatic heterocycles. The molecule has 2 heteroatoms. The first-order valence-corrected chi connectivity index (χ1v) is 7.41. The maximum absolute atomic E-state index is 6.04. The monoisotopic (exact) mass is 276 g/mol. The van der Waals surface area contributed by atoms with Gasteiger partial charge in [-0.1, -0.05) is 55.5 Å². The highest BCUT2D eigenvalue weighted by Gasteiger charge is 2.22. The molecule has 0 spiro atoms. The zero-order chi connectivity index (χ0) is 11.1. The summed E-state index contributed by atoms with van der Waals surface area (Å²) < 4.78 is 6.04. The van der Waals surface area contributed by atoms with Crippen molar-refractivity contribution in [3.63, 3.8) is 0 Å². The summed E-state index contributed by atoms with van der Waals surface area (Å²) in [5, 5.41) is 0. The van der Waals surface area contributed by atoms with E-state index in [2.05, 4.69) is 29.8 Å². The molecule has 15 heavy (non-hydrogen) atoms. The van der Waals surface area contributed by atoms with Crippen molar-refractivity contribution < 1.29 is 4.74 Å². The number of ether oxygens (including phenoxy) is 1. The highest BCUT2D eigenvalue weighted by Crippen LogP contribution is 2.26. The average molecular weight is 277 g/mol. The summed E-state index contributed by atoms with van der Waals surface area (Å²) in [6.45, 7) is 5.49. The molecule has 1 saturated carbocycles. The highest BCUT2D eigenvalue weighted by atomic mass is 79.9. The lowest BCUT2D eigenvalue weighted by Crippen LogP contribution is -2.25. The van der Waals surface area contributed by atoms with E-state index in [0.29, 0.717) is 10.9 Å². The summed E-state index contributed by atoms with van der Waals surface area (Å²) in [5.74, 6) is 0.720. The molecule has 1 fully saturated rings. The fraction of sp³-hybridized carbons (Fsp3) is 1.00. The summed E-state index contributed by atoms with van der Waals surface area (Å²) in [5.41, 5.74) is 0. The van der Waals surface area contributed by atoms with Gasteiger partial charge in [-0.3, -0.25) is 0 Å². The Bertz CT molecular complexity index is 161. The second-order valence-corrected chi connectivity index (χ2v) is 6.10. The normalized spacial score (nSPS) is 29.8. The van der Waals surface area contributed by atoms with E-state index in [-0.39, 0.29) is 0 Å². The Balaban J connectivity index is 2.22. The van der Waals surface area contributed by atoms with E-state index in [9.17, 15) is 0 Å². The van der Waals surface area contributed by atoms with Crippen LogP contribution in [0.2, 0.25) is 0 Å². The number of hydrogen-bond donors (Lipinski definition) is 0. The summed E-state index contributed by atoms with van der Waals surface area (Å²) >= 11 is 3.77. The second kappa shape index (κ2) is 7.67. The Kier molecular flexibility index (Phi) is 6.91. The number of rotatable bonds is 5. The van der Waals surface area contributed by atoms with Gasteiger partial charge in [0.1, 0.15) is 0 Å². The van der Waals surface area contributed by atoms with E-state index in [1.807, 2.05) is 0 Å². The van der Waals surface area contributed by atoms with Gasteiger partial charge in [0.25, 0.3) is 0 Å². The minimum atomic E-state index is 0.465. The van der Waals surface area contributed by atoms with Crippen molar-refractivity contribution in [3.8, 4) is 0 Å². The summed E-state index contributed by atoms with van der Waals surface area (Å²) in [6.07, 6.45) is 9.64. The SMILES string of the molecule is CCCC(C)COC1CCCCCC1Br. The molecule has 0 radical (unpaired) electrons. The fourth-order valence-electron chi connectivity index (χ4n) is 2.28. The Morgan fingerprint density at radius 1 is 1.27 bits per heavy atom. The predicted molar refractivity (Wildman–Crippen MR) is 69.6 cm³/mol. The maximum atomic E-state index is 6.04. The molecule has 0 bridgehead atoms. The van der Waals surface area contributed by atoms with Crippen LogP contribution in [0.25, 0.3) is 0 Å². The van der Waals surface area contributed by atoms with Crippen LogP contribution >= 0.6 is 15.9 Å². The molecule has 0 aromatic heterocycles. The average Bonchev–Trinajstić information content (AvgIpc) is 2.41. The largest absolute Gasteiger partial charge is 0.377 e. The van der Waals surface area contributed by atoms with E-state index < -0.39 is 0 Å². The van der Waals surface area contributed by atoms with E-state index in [0.717, 1.165) is 12.5 Å². The Labute approximate surface area is 103 Å². The Morgan fingerprint density at radius 2 is 2.00 bits per heavy atom. The van der Waals surface area contributed by atoms with Crippen LogP contribution in [0.1, 0.15) is 58.8 Å². The Hall–Kier alpha value is 0.440. The predicted octanol–water partition coefficient (Wildman–Crippen LogP) is 4.54. The molecule has 90 valence electrons. The van der Waals surface area contributed by atoms with E-state index in [4.69, 9.17) is 4.74 Å². The first-order valence-electron chi connectivity index (χ1n) is 6.49. The molecular weight excluding hydrogens is 252 g/mol. The second-order valence-electron chi connectivity index (χ2n) is 4.92. The van der Waals surface area contributed by atoms with Crippen molar-refractivity contribution in [2.24, 2.45) is 5.92 Å². The van der Waals surface area contributed by atoms with Crippen molar-refractivity contribution in [3.05, 3.63) is 0 Å². The van der Waals surface area contributed by atoms with Crippen molar-refractivity contribution in [1.82, 2.24) is 0 Å². The van der Waals surface area contributed by atoms with Crippen molar-refractivity contribution in [2.45, 2.75) is 69.7 Å². The van der Waals surface area contributed by atoms with Gasteiger partial charge in [0.05, 0.1) is 6.10 Å². The van der Waals surface area contributed by atoms with Crippen LogP contribution in [-0.4, -0.2) is 17.5 Å². The van der Waals surface area contributed by atoms with Gasteiger partial charge < -0.3 is 4.74 Å². The van der Waals surface area contributed by atoms with E-state index >= 15 is 0 Å². The van der Waals surface area contributed by atoms with Crippen molar-refractivity contribution in [1.29, 1.82) is 0 Å². The van der Waals surface area contributed by atoms with Gasteiger partial charge in [0.15, 0.2) is 0 Å². The molecule has 3 atom stereocenters. The quantitative estimate of drug-likeness (QED) is 0.529. The van der Waals surface area contributed by atoms with Crippen LogP contribution in [-0.2, 0) is 4.74 Å². The first-order chi connectivity index (χ1) is 7.24. The molecule has 1 aliphatic rings. The number of alkyl halides is 1. The summed E-state index contributed by atoms with van der Waals surface area (Å²) in [6, 6.07) is 0. The van der Waals surface area contributed by atoms with Gasteiger partial charge in [0, 0.05) is 11.4 Å². The zero-order valence-electron chi connectivity index (χ0n) is 10.2. The lowest BCUT2D eigenvalue weighted by molar-refractivity contribution is 0.0267. The molecular formula is C13H25BrO. The van der Waals surface area contributed by atoms with Crippen molar-refractivity contribution >= 4 is 15.9 Å². The smallest absolute Gasteiger partial charge is 0.0700 e. The summed E-state index contributed by atoms with van der Waals surface area (Å²) in [7, 11) is 0. The van der Waals surface area contributed by atoms with Crippen LogP contribution in [0, 0.1) is 5.92 Å². The molecule has 1 nitrogen and oxygen atoms in total. The van der Waals surface area contributed by atoms with Gasteiger partial charge in [0.2, 0.25) is 0 Å². The summed E-state index contributed by atoms with van der Waals surface area (Å²) in [4.78, 5) is 0.592. The van der Waals surface area contributed by atoms with Gasteiger partial charge in [-0.15, -0.1) is 0 Å². The molecule has 0 heterocycles. The van der Waals surface area contributed by atoms with Gasteiger partial charge in [-0.25, -0.2) is 0 Å². The fourth-order valence-corrected chi connectivity index (χ4v) is 3.02. The third kappa shape index (κ3) is 5.35. The van der Waals surface area contributed by atoms with Gasteiger partial charge in [-0.2, -0.15) is 0 Å². The van der Waals surface area contributed by atoms with Crippen LogP contribution < -0.4 is 0 Å². The number of halogens is 1. The van der Waals surface area contributed by atoms with Crippen LogP contribution in [0.3, 0.4) is 0 Å². The highest BCUT2D eigenvalue weighted by molar-refractivity contribution is 9.09. The first kappa shape index (κ1) is 13.5. The molecule has 1 aliphatic carbocycles.